The summed E-state index contributed by atoms with van der Waals surface area (Å²) in [6, 6.07) is 9.42. The lowest BCUT2D eigenvalue weighted by molar-refractivity contribution is 0.323. The number of nitrogens with zero attached hydrogens (tertiary/aromatic N) is 1. The Balaban J connectivity index is 2.92. The second-order valence-electron chi connectivity index (χ2n) is 5.32. The first kappa shape index (κ1) is 15.9. The van der Waals surface area contributed by atoms with Crippen LogP contribution in [0.2, 0.25) is 0 Å². The molecule has 0 spiro atoms. The van der Waals surface area contributed by atoms with Crippen LogP contribution in [-0.2, 0) is 10.0 Å². The normalized spacial score (nSPS) is 13.0. The fraction of sp³-hybridized carbons (Fsp3) is 0.467. The average molecular weight is 281 g/mol. The number of hydrogen-bond donors (Lipinski definition) is 0. The Kier molecular flexibility index (Phi) is 5.76. The van der Waals surface area contributed by atoms with Gasteiger partial charge in [0.2, 0.25) is 10.0 Å². The Morgan fingerprint density at radius 1 is 1.11 bits per heavy atom. The molecule has 0 radical (unpaired) electrons. The monoisotopic (exact) mass is 281 g/mol. The summed E-state index contributed by atoms with van der Waals surface area (Å²) in [6.45, 7) is 8.38. The van der Waals surface area contributed by atoms with Gasteiger partial charge < -0.3 is 0 Å². The van der Waals surface area contributed by atoms with Crippen molar-refractivity contribution in [3.05, 3.63) is 41.3 Å². The van der Waals surface area contributed by atoms with Gasteiger partial charge in [-0.25, -0.2) is 8.42 Å². The fourth-order valence-electron chi connectivity index (χ4n) is 1.78. The highest BCUT2D eigenvalue weighted by atomic mass is 32.2. The summed E-state index contributed by atoms with van der Waals surface area (Å²) < 4.78 is 26.2. The molecule has 106 valence electrons. The summed E-state index contributed by atoms with van der Waals surface area (Å²) in [7, 11) is -3.36. The molecule has 0 aromatic heterocycles. The molecule has 19 heavy (non-hydrogen) atoms. The van der Waals surface area contributed by atoms with Crippen molar-refractivity contribution in [2.75, 3.05) is 6.54 Å². The Morgan fingerprint density at radius 2 is 1.68 bits per heavy atom. The Morgan fingerprint density at radius 3 is 2.16 bits per heavy atom. The minimum atomic E-state index is -3.36. The van der Waals surface area contributed by atoms with Gasteiger partial charge in [-0.1, -0.05) is 44.2 Å². The molecule has 1 aromatic carbocycles. The van der Waals surface area contributed by atoms with E-state index in [1.807, 2.05) is 58.0 Å². The summed E-state index contributed by atoms with van der Waals surface area (Å²) in [6.07, 6.45) is 1.64. The zero-order valence-corrected chi connectivity index (χ0v) is 12.9. The molecule has 0 saturated carbocycles. The average Bonchev–Trinajstić information content (AvgIpc) is 2.34. The fourth-order valence-corrected chi connectivity index (χ4v) is 3.35. The summed E-state index contributed by atoms with van der Waals surface area (Å²) in [5, 5.41) is 1.30. The maximum atomic E-state index is 12.3. The minimum Gasteiger partial charge on any atom is -0.207 e. The van der Waals surface area contributed by atoms with Gasteiger partial charge in [0.1, 0.15) is 0 Å². The lowest BCUT2D eigenvalue weighted by Gasteiger charge is -2.25. The first-order chi connectivity index (χ1) is 8.83. The van der Waals surface area contributed by atoms with E-state index in [-0.39, 0.29) is 6.04 Å². The van der Waals surface area contributed by atoms with Crippen LogP contribution in [0.3, 0.4) is 0 Å². The van der Waals surface area contributed by atoms with Crippen molar-refractivity contribution in [3.8, 4) is 0 Å². The second kappa shape index (κ2) is 6.87. The third kappa shape index (κ3) is 5.17. The number of rotatable bonds is 6. The van der Waals surface area contributed by atoms with Gasteiger partial charge in [-0.15, -0.1) is 0 Å². The van der Waals surface area contributed by atoms with Crippen LogP contribution in [0.25, 0.3) is 6.08 Å². The van der Waals surface area contributed by atoms with Crippen molar-refractivity contribution in [2.45, 2.75) is 33.7 Å². The van der Waals surface area contributed by atoms with Crippen molar-refractivity contribution >= 4 is 16.1 Å². The van der Waals surface area contributed by atoms with E-state index in [0.29, 0.717) is 12.5 Å². The van der Waals surface area contributed by atoms with Crippen LogP contribution in [-0.4, -0.2) is 25.3 Å². The third-order valence-electron chi connectivity index (χ3n) is 2.68. The summed E-state index contributed by atoms with van der Waals surface area (Å²) in [4.78, 5) is 0. The van der Waals surface area contributed by atoms with Crippen molar-refractivity contribution in [1.82, 2.24) is 4.31 Å². The predicted molar refractivity (Wildman–Crippen MR) is 81.1 cm³/mol. The maximum absolute atomic E-state index is 12.3. The minimum absolute atomic E-state index is 0.0344. The molecule has 0 unspecified atom stereocenters. The molecule has 0 bridgehead atoms. The van der Waals surface area contributed by atoms with Gasteiger partial charge >= 0.3 is 0 Å². The highest BCUT2D eigenvalue weighted by Crippen LogP contribution is 2.13. The molecule has 0 saturated heterocycles. The van der Waals surface area contributed by atoms with Gasteiger partial charge in [-0.05, 0) is 31.4 Å². The molecule has 0 fully saturated rings. The van der Waals surface area contributed by atoms with Gasteiger partial charge in [0, 0.05) is 18.0 Å². The van der Waals surface area contributed by atoms with Crippen molar-refractivity contribution in [1.29, 1.82) is 0 Å². The zero-order chi connectivity index (χ0) is 14.5. The van der Waals surface area contributed by atoms with E-state index in [4.69, 9.17) is 0 Å². The highest BCUT2D eigenvalue weighted by Gasteiger charge is 2.22. The van der Waals surface area contributed by atoms with E-state index in [1.54, 1.807) is 6.08 Å². The molecule has 0 heterocycles. The molecule has 1 rings (SSSR count). The van der Waals surface area contributed by atoms with Crippen LogP contribution in [0.15, 0.2) is 35.7 Å². The van der Waals surface area contributed by atoms with E-state index in [2.05, 4.69) is 0 Å². The molecule has 0 aliphatic heterocycles. The molecule has 0 amide bonds. The van der Waals surface area contributed by atoms with Gasteiger partial charge in [0.15, 0.2) is 0 Å². The van der Waals surface area contributed by atoms with Crippen LogP contribution in [0.1, 0.15) is 33.3 Å². The lowest BCUT2D eigenvalue weighted by Crippen LogP contribution is -2.38. The Labute approximate surface area is 117 Å². The van der Waals surface area contributed by atoms with E-state index >= 15 is 0 Å². The first-order valence-corrected chi connectivity index (χ1v) is 8.08. The number of sulfonamides is 1. The smallest absolute Gasteiger partial charge is 0.207 e. The summed E-state index contributed by atoms with van der Waals surface area (Å²) in [5.74, 6) is 0.308. The summed E-state index contributed by atoms with van der Waals surface area (Å²) >= 11 is 0. The zero-order valence-electron chi connectivity index (χ0n) is 12.1. The first-order valence-electron chi connectivity index (χ1n) is 6.58. The van der Waals surface area contributed by atoms with E-state index in [1.165, 1.54) is 9.71 Å². The molecular formula is C15H23NO2S. The molecular weight excluding hydrogens is 258 g/mol. The van der Waals surface area contributed by atoms with Crippen LogP contribution in [0.5, 0.6) is 0 Å². The van der Waals surface area contributed by atoms with Gasteiger partial charge in [-0.2, -0.15) is 4.31 Å². The van der Waals surface area contributed by atoms with E-state index in [0.717, 1.165) is 5.56 Å². The third-order valence-corrected chi connectivity index (χ3v) is 4.38. The maximum Gasteiger partial charge on any atom is 0.236 e. The molecule has 0 aliphatic rings. The van der Waals surface area contributed by atoms with Crippen molar-refractivity contribution in [2.24, 2.45) is 5.92 Å². The van der Waals surface area contributed by atoms with Crippen LogP contribution in [0.4, 0.5) is 0 Å². The molecule has 0 atom stereocenters. The molecule has 3 nitrogen and oxygen atoms in total. The molecule has 1 aromatic rings. The SMILES string of the molecule is CC(C)CN(C(C)C)S(=O)(=O)/C=C/c1ccccc1. The largest absolute Gasteiger partial charge is 0.236 e. The van der Waals surface area contributed by atoms with Crippen LogP contribution < -0.4 is 0 Å². The predicted octanol–water partition coefficient (Wildman–Crippen LogP) is 3.35. The van der Waals surface area contributed by atoms with E-state index < -0.39 is 10.0 Å². The van der Waals surface area contributed by atoms with Gasteiger partial charge in [0.05, 0.1) is 0 Å². The molecule has 4 heteroatoms. The Bertz CT molecular complexity index is 504. The number of hydrogen-bond acceptors (Lipinski definition) is 2. The molecule has 0 aliphatic carbocycles. The van der Waals surface area contributed by atoms with Crippen molar-refractivity contribution in [3.63, 3.8) is 0 Å². The van der Waals surface area contributed by atoms with Crippen LogP contribution >= 0.6 is 0 Å². The van der Waals surface area contributed by atoms with Crippen molar-refractivity contribution < 1.29 is 8.42 Å². The summed E-state index contributed by atoms with van der Waals surface area (Å²) in [5.41, 5.74) is 0.888. The lowest BCUT2D eigenvalue weighted by atomic mass is 10.2. The van der Waals surface area contributed by atoms with Gasteiger partial charge in [-0.3, -0.25) is 0 Å². The quantitative estimate of drug-likeness (QED) is 0.802. The van der Waals surface area contributed by atoms with Gasteiger partial charge in [0.25, 0.3) is 0 Å². The van der Waals surface area contributed by atoms with E-state index in [9.17, 15) is 8.42 Å². The highest BCUT2D eigenvalue weighted by molar-refractivity contribution is 7.92. The molecule has 0 N–H and O–H groups in total. The second-order valence-corrected chi connectivity index (χ2v) is 7.09. The number of benzene rings is 1. The Hall–Kier alpha value is -1.13. The standard InChI is InChI=1S/C15H23NO2S/c1-13(2)12-16(14(3)4)19(17,18)11-10-15-8-6-5-7-9-15/h5-11,13-14H,12H2,1-4H3/b11-10+. The topological polar surface area (TPSA) is 37.4 Å². The van der Waals surface area contributed by atoms with Crippen LogP contribution in [0, 0.1) is 5.92 Å².